The predicted octanol–water partition coefficient (Wildman–Crippen LogP) is 3.56. The van der Waals surface area contributed by atoms with Gasteiger partial charge in [-0.2, -0.15) is 0 Å². The van der Waals surface area contributed by atoms with Crippen LogP contribution in [-0.2, 0) is 9.53 Å². The van der Waals surface area contributed by atoms with E-state index in [1.807, 2.05) is 13.8 Å². The highest BCUT2D eigenvalue weighted by Gasteiger charge is 2.26. The Hall–Kier alpha value is -2.71. The van der Waals surface area contributed by atoms with Crippen LogP contribution in [0, 0.1) is 12.7 Å². The normalized spacial score (nSPS) is 19.0. The third-order valence-corrected chi connectivity index (χ3v) is 6.18. The van der Waals surface area contributed by atoms with Gasteiger partial charge in [0.25, 0.3) is 5.56 Å². The minimum atomic E-state index is -0.402. The minimum Gasteiger partial charge on any atom is -0.372 e. The lowest BCUT2D eigenvalue weighted by Gasteiger charge is -2.35. The van der Waals surface area contributed by atoms with Crippen molar-refractivity contribution in [2.24, 2.45) is 0 Å². The molecule has 0 saturated carbocycles. The summed E-state index contributed by atoms with van der Waals surface area (Å²) in [5, 5.41) is 0.796. The average Bonchev–Trinajstić information content (AvgIpc) is 2.73. The molecule has 0 bridgehead atoms. The van der Waals surface area contributed by atoms with Crippen LogP contribution in [-0.4, -0.2) is 51.4 Å². The second-order valence-corrected chi connectivity index (χ2v) is 8.77. The summed E-state index contributed by atoms with van der Waals surface area (Å²) in [6.45, 7) is 6.62. The number of halogens is 1. The molecule has 1 saturated heterocycles. The Bertz CT molecular complexity index is 1190. The molecule has 162 valence electrons. The number of rotatable bonds is 4. The summed E-state index contributed by atoms with van der Waals surface area (Å²) < 4.78 is 21.3. The van der Waals surface area contributed by atoms with Crippen molar-refractivity contribution < 1.29 is 13.9 Å². The van der Waals surface area contributed by atoms with Crippen molar-refractivity contribution in [1.82, 2.24) is 14.5 Å². The fraction of sp³-hybridized carbons (Fsp3) is 0.348. The number of carbonyl (C=O) groups excluding carboxylic acids is 1. The summed E-state index contributed by atoms with van der Waals surface area (Å²) in [4.78, 5) is 32.5. The number of nitrogens with zero attached hydrogens (tertiary/aromatic N) is 3. The van der Waals surface area contributed by atoms with Crippen molar-refractivity contribution in [3.8, 4) is 5.69 Å². The molecule has 1 fully saturated rings. The van der Waals surface area contributed by atoms with E-state index in [1.165, 1.54) is 22.4 Å². The zero-order valence-corrected chi connectivity index (χ0v) is 18.5. The maximum Gasteiger partial charge on any atom is 0.266 e. The first-order valence-corrected chi connectivity index (χ1v) is 11.2. The smallest absolute Gasteiger partial charge is 0.266 e. The average molecular weight is 442 g/mol. The number of hydrogen-bond acceptors (Lipinski definition) is 5. The van der Waals surface area contributed by atoms with Gasteiger partial charge in [0.2, 0.25) is 5.91 Å². The molecule has 1 aliphatic rings. The molecule has 2 heterocycles. The van der Waals surface area contributed by atoms with Crippen LogP contribution in [0.5, 0.6) is 0 Å². The lowest BCUT2D eigenvalue weighted by atomic mass is 10.2. The van der Waals surface area contributed by atoms with Gasteiger partial charge in [-0.05, 0) is 50.6 Å². The van der Waals surface area contributed by atoms with Gasteiger partial charge in [-0.1, -0.05) is 30.0 Å². The van der Waals surface area contributed by atoms with Crippen molar-refractivity contribution >= 4 is 28.6 Å². The maximum absolute atomic E-state index is 14.3. The van der Waals surface area contributed by atoms with E-state index in [0.29, 0.717) is 40.4 Å². The number of aromatic nitrogens is 2. The number of fused-ring (bicyclic) bond motifs is 1. The molecule has 0 N–H and O–H groups in total. The van der Waals surface area contributed by atoms with Gasteiger partial charge in [0.15, 0.2) is 5.16 Å². The molecule has 2 unspecified atom stereocenters. The molecular weight excluding hydrogens is 417 g/mol. The van der Waals surface area contributed by atoms with Crippen LogP contribution in [0.2, 0.25) is 0 Å². The van der Waals surface area contributed by atoms with Gasteiger partial charge in [-0.25, -0.2) is 9.37 Å². The molecule has 8 heteroatoms. The summed E-state index contributed by atoms with van der Waals surface area (Å²) in [7, 11) is 0. The molecule has 2 atom stereocenters. The number of morpholine rings is 1. The van der Waals surface area contributed by atoms with E-state index >= 15 is 0 Å². The minimum absolute atomic E-state index is 0.0230. The van der Waals surface area contributed by atoms with Crippen LogP contribution in [0.15, 0.2) is 52.4 Å². The number of aryl methyl sites for hydroxylation is 1. The first-order valence-electron chi connectivity index (χ1n) is 10.2. The fourth-order valence-corrected chi connectivity index (χ4v) is 4.67. The summed E-state index contributed by atoms with van der Waals surface area (Å²) in [6, 6.07) is 11.7. The lowest BCUT2D eigenvalue weighted by molar-refractivity contribution is -0.140. The molecule has 3 aromatic rings. The number of amides is 1. The Balaban J connectivity index is 1.70. The van der Waals surface area contributed by atoms with E-state index in [4.69, 9.17) is 4.74 Å². The van der Waals surface area contributed by atoms with Crippen LogP contribution in [0.4, 0.5) is 4.39 Å². The zero-order chi connectivity index (χ0) is 22.1. The number of thioether (sulfide) groups is 1. The standard InChI is InChI=1S/C23H24FN3O3S/c1-14-8-9-17(10-19(14)24)27-22(29)18-6-4-5-7-20(18)25-23(27)31-13-21(28)26-11-15(2)30-16(3)12-26/h4-10,15-16H,11-13H2,1-3H3. The van der Waals surface area contributed by atoms with E-state index in [2.05, 4.69) is 4.98 Å². The van der Waals surface area contributed by atoms with Gasteiger partial charge in [0.1, 0.15) is 5.82 Å². The zero-order valence-electron chi connectivity index (χ0n) is 17.7. The first-order chi connectivity index (χ1) is 14.8. The van der Waals surface area contributed by atoms with Crippen molar-refractivity contribution in [3.63, 3.8) is 0 Å². The topological polar surface area (TPSA) is 64.4 Å². The molecule has 0 spiro atoms. The number of ether oxygens (including phenoxy) is 1. The van der Waals surface area contributed by atoms with Crippen molar-refractivity contribution in [2.45, 2.75) is 38.1 Å². The second kappa shape index (κ2) is 8.80. The van der Waals surface area contributed by atoms with E-state index < -0.39 is 5.82 Å². The molecule has 1 aliphatic heterocycles. The van der Waals surface area contributed by atoms with E-state index in [9.17, 15) is 14.0 Å². The molecule has 1 aromatic heterocycles. The quantitative estimate of drug-likeness (QED) is 0.458. The Morgan fingerprint density at radius 1 is 1.19 bits per heavy atom. The van der Waals surface area contributed by atoms with Crippen LogP contribution in [0.1, 0.15) is 19.4 Å². The summed E-state index contributed by atoms with van der Waals surface area (Å²) in [6.07, 6.45) is -0.0459. The Morgan fingerprint density at radius 2 is 1.90 bits per heavy atom. The fourth-order valence-electron chi connectivity index (χ4n) is 3.76. The number of benzene rings is 2. The molecule has 4 rings (SSSR count). The second-order valence-electron chi connectivity index (χ2n) is 7.83. The molecule has 6 nitrogen and oxygen atoms in total. The van der Waals surface area contributed by atoms with Crippen molar-refractivity contribution in [3.05, 3.63) is 64.2 Å². The molecule has 2 aromatic carbocycles. The Labute approximate surface area is 184 Å². The van der Waals surface area contributed by atoms with Gasteiger partial charge in [0, 0.05) is 13.1 Å². The molecule has 0 aliphatic carbocycles. The van der Waals surface area contributed by atoms with Crippen molar-refractivity contribution in [2.75, 3.05) is 18.8 Å². The highest BCUT2D eigenvalue weighted by Crippen LogP contribution is 2.23. The molecule has 31 heavy (non-hydrogen) atoms. The molecule has 1 amide bonds. The van der Waals surface area contributed by atoms with Gasteiger partial charge >= 0.3 is 0 Å². The highest BCUT2D eigenvalue weighted by molar-refractivity contribution is 7.99. The van der Waals surface area contributed by atoms with Crippen molar-refractivity contribution in [1.29, 1.82) is 0 Å². The monoisotopic (exact) mass is 441 g/mol. The van der Waals surface area contributed by atoms with Crippen LogP contribution >= 0.6 is 11.8 Å². The van der Waals surface area contributed by atoms with E-state index in [1.54, 1.807) is 48.2 Å². The predicted molar refractivity (Wildman–Crippen MR) is 119 cm³/mol. The van der Waals surface area contributed by atoms with Gasteiger partial charge < -0.3 is 9.64 Å². The number of hydrogen-bond donors (Lipinski definition) is 0. The Kier molecular flexibility index (Phi) is 6.11. The third kappa shape index (κ3) is 4.50. The van der Waals surface area contributed by atoms with Crippen LogP contribution in [0.3, 0.4) is 0 Å². The maximum atomic E-state index is 14.3. The van der Waals surface area contributed by atoms with E-state index in [0.717, 1.165) is 0 Å². The largest absolute Gasteiger partial charge is 0.372 e. The summed E-state index contributed by atoms with van der Waals surface area (Å²) in [5.74, 6) is -0.324. The van der Waals surface area contributed by atoms with Gasteiger partial charge in [-0.15, -0.1) is 0 Å². The van der Waals surface area contributed by atoms with Gasteiger partial charge in [0.05, 0.1) is 34.6 Å². The van der Waals surface area contributed by atoms with Crippen LogP contribution < -0.4 is 5.56 Å². The third-order valence-electron chi connectivity index (χ3n) is 5.26. The molecule has 0 radical (unpaired) electrons. The number of carbonyl (C=O) groups is 1. The molecular formula is C23H24FN3O3S. The summed E-state index contributed by atoms with van der Waals surface area (Å²) >= 11 is 1.18. The highest BCUT2D eigenvalue weighted by atomic mass is 32.2. The lowest BCUT2D eigenvalue weighted by Crippen LogP contribution is -2.48. The van der Waals surface area contributed by atoms with Crippen LogP contribution in [0.25, 0.3) is 16.6 Å². The summed E-state index contributed by atoms with van der Waals surface area (Å²) in [5.41, 5.74) is 1.12. The number of para-hydroxylation sites is 1. The first kappa shape index (κ1) is 21.5. The Morgan fingerprint density at radius 3 is 2.61 bits per heavy atom. The van der Waals surface area contributed by atoms with Gasteiger partial charge in [-0.3, -0.25) is 14.2 Å². The SMILES string of the molecule is Cc1ccc(-n2c(SCC(=O)N3CC(C)OC(C)C3)nc3ccccc3c2=O)cc1F. The van der Waals surface area contributed by atoms with E-state index in [-0.39, 0.29) is 29.4 Å².